The summed E-state index contributed by atoms with van der Waals surface area (Å²) in [5.74, 6) is 1.37. The van der Waals surface area contributed by atoms with Gasteiger partial charge < -0.3 is 9.84 Å². The van der Waals surface area contributed by atoms with Gasteiger partial charge in [0.25, 0.3) is 0 Å². The van der Waals surface area contributed by atoms with Crippen LogP contribution in [0.4, 0.5) is 0 Å². The lowest BCUT2D eigenvalue weighted by atomic mass is 9.84. The monoisotopic (exact) mass is 522 g/mol. The maximum Gasteiger partial charge on any atom is 0.230 e. The number of phenolic OH excluding ortho intramolecular Hbond substituents is 1. The molecule has 40 heavy (non-hydrogen) atoms. The van der Waals surface area contributed by atoms with Crippen molar-refractivity contribution in [1.82, 2.24) is 29.4 Å². The van der Waals surface area contributed by atoms with Gasteiger partial charge in [0, 0.05) is 0 Å². The zero-order valence-corrected chi connectivity index (χ0v) is 21.4. The Morgan fingerprint density at radius 3 is 2.27 bits per heavy atom. The molecule has 0 fully saturated rings. The topological polar surface area (TPSA) is 90.4 Å². The number of phenols is 1. The number of ether oxygens (including phenoxy) is 1. The van der Waals surface area contributed by atoms with Crippen molar-refractivity contribution in [2.24, 2.45) is 0 Å². The smallest absolute Gasteiger partial charge is 0.230 e. The molecule has 1 aliphatic heterocycles. The van der Waals surface area contributed by atoms with Crippen LogP contribution in [0.5, 0.6) is 17.5 Å². The lowest BCUT2D eigenvalue weighted by molar-refractivity contribution is 0.402. The minimum absolute atomic E-state index is 0.120. The Balaban J connectivity index is 1.37. The van der Waals surface area contributed by atoms with Gasteiger partial charge in [-0.15, -0.1) is 5.10 Å². The van der Waals surface area contributed by atoms with Crippen molar-refractivity contribution in [3.8, 4) is 34.6 Å². The summed E-state index contributed by atoms with van der Waals surface area (Å²) in [5.41, 5.74) is 5.74. The van der Waals surface area contributed by atoms with E-state index in [1.807, 2.05) is 90.5 Å². The number of rotatable bonds is 3. The fourth-order valence-electron chi connectivity index (χ4n) is 5.62. The van der Waals surface area contributed by atoms with Crippen LogP contribution in [0.2, 0.25) is 0 Å². The molecule has 8 rings (SSSR count). The number of hydrogen-bond donors (Lipinski definition) is 1. The lowest BCUT2D eigenvalue weighted by Crippen LogP contribution is -2.16. The maximum absolute atomic E-state index is 10.9. The van der Waals surface area contributed by atoms with Gasteiger partial charge in [0.1, 0.15) is 12.1 Å². The number of hydrogen-bond acceptors (Lipinski definition) is 6. The highest BCUT2D eigenvalue weighted by molar-refractivity contribution is 5.89. The van der Waals surface area contributed by atoms with Crippen LogP contribution in [0.3, 0.4) is 0 Å². The number of para-hydroxylation sites is 1. The first-order valence-electron chi connectivity index (χ1n) is 13.0. The van der Waals surface area contributed by atoms with E-state index in [-0.39, 0.29) is 11.7 Å². The first kappa shape index (κ1) is 22.5. The predicted octanol–water partition coefficient (Wildman–Crippen LogP) is 6.43. The summed E-state index contributed by atoms with van der Waals surface area (Å²) in [6, 6.07) is 31.7. The Morgan fingerprint density at radius 1 is 0.800 bits per heavy atom. The molecule has 0 aliphatic carbocycles. The van der Waals surface area contributed by atoms with Crippen molar-refractivity contribution in [2.75, 3.05) is 0 Å². The van der Waals surface area contributed by atoms with E-state index < -0.39 is 0 Å². The fraction of sp³-hybridized carbons (Fsp3) is 0.0625. The van der Waals surface area contributed by atoms with Gasteiger partial charge in [-0.3, -0.25) is 0 Å². The van der Waals surface area contributed by atoms with Crippen molar-refractivity contribution < 1.29 is 9.84 Å². The molecule has 7 aromatic rings. The van der Waals surface area contributed by atoms with E-state index >= 15 is 0 Å². The molecule has 0 radical (unpaired) electrons. The molecule has 0 saturated heterocycles. The van der Waals surface area contributed by atoms with E-state index in [1.165, 1.54) is 0 Å². The summed E-state index contributed by atoms with van der Waals surface area (Å²) in [6.07, 6.45) is 1.60. The van der Waals surface area contributed by atoms with Crippen LogP contribution in [0.25, 0.3) is 33.5 Å². The Kier molecular flexibility index (Phi) is 4.78. The molecule has 1 N–H and O–H groups in total. The quantitative estimate of drug-likeness (QED) is 0.288. The molecule has 3 aromatic heterocycles. The van der Waals surface area contributed by atoms with Gasteiger partial charge in [-0.1, -0.05) is 72.8 Å². The maximum atomic E-state index is 10.9. The van der Waals surface area contributed by atoms with Gasteiger partial charge in [-0.2, -0.15) is 5.10 Å². The Hall–Kier alpha value is -5.50. The first-order chi connectivity index (χ1) is 19.7. The van der Waals surface area contributed by atoms with Crippen LogP contribution in [0, 0.1) is 6.92 Å². The van der Waals surface area contributed by atoms with Crippen LogP contribution in [-0.4, -0.2) is 34.5 Å². The average molecular weight is 523 g/mol. The second-order valence-corrected chi connectivity index (χ2v) is 9.88. The van der Waals surface area contributed by atoms with E-state index in [2.05, 4.69) is 17.1 Å². The van der Waals surface area contributed by atoms with Gasteiger partial charge in [-0.05, 0) is 47.5 Å². The SMILES string of the molecule is Cc1nn(-c2ccccc2)c2c1[C@@H](c1ccccc1)c1c(ncn3nc(-c4cc5ccccc5cc4O)nc13)O2. The summed E-state index contributed by atoms with van der Waals surface area (Å²) in [5, 5.41) is 22.4. The van der Waals surface area contributed by atoms with Gasteiger partial charge in [0.05, 0.1) is 34.0 Å². The van der Waals surface area contributed by atoms with Crippen molar-refractivity contribution in [1.29, 1.82) is 0 Å². The van der Waals surface area contributed by atoms with Crippen LogP contribution in [0.15, 0.2) is 103 Å². The zero-order valence-electron chi connectivity index (χ0n) is 21.4. The minimum Gasteiger partial charge on any atom is -0.507 e. The highest BCUT2D eigenvalue weighted by atomic mass is 16.5. The van der Waals surface area contributed by atoms with Crippen LogP contribution >= 0.6 is 0 Å². The molecule has 1 atom stereocenters. The normalized spacial score (nSPS) is 14.2. The second kappa shape index (κ2) is 8.51. The molecular weight excluding hydrogens is 500 g/mol. The third kappa shape index (κ3) is 3.32. The van der Waals surface area contributed by atoms with Crippen molar-refractivity contribution in [3.05, 3.63) is 126 Å². The van der Waals surface area contributed by atoms with Crippen molar-refractivity contribution in [3.63, 3.8) is 0 Å². The molecule has 0 unspecified atom stereocenters. The molecular formula is C32H22N6O2. The molecule has 8 nitrogen and oxygen atoms in total. The lowest BCUT2D eigenvalue weighted by Gasteiger charge is -2.26. The summed E-state index contributed by atoms with van der Waals surface area (Å²) in [6.45, 7) is 2.00. The van der Waals surface area contributed by atoms with E-state index in [9.17, 15) is 5.11 Å². The summed E-state index contributed by atoms with van der Waals surface area (Å²) >= 11 is 0. The fourth-order valence-corrected chi connectivity index (χ4v) is 5.62. The molecule has 0 amide bonds. The summed E-state index contributed by atoms with van der Waals surface area (Å²) in [4.78, 5) is 9.63. The number of benzene rings is 4. The second-order valence-electron chi connectivity index (χ2n) is 9.88. The Bertz CT molecular complexity index is 2060. The average Bonchev–Trinajstić information content (AvgIpc) is 3.57. The summed E-state index contributed by atoms with van der Waals surface area (Å²) < 4.78 is 9.99. The molecule has 0 spiro atoms. The summed E-state index contributed by atoms with van der Waals surface area (Å²) in [7, 11) is 0. The third-order valence-corrected chi connectivity index (χ3v) is 7.46. The van der Waals surface area contributed by atoms with Gasteiger partial charge in [0.2, 0.25) is 11.8 Å². The molecule has 1 aliphatic rings. The third-order valence-electron chi connectivity index (χ3n) is 7.46. The number of aromatic nitrogens is 6. The van der Waals surface area contributed by atoms with E-state index in [4.69, 9.17) is 19.9 Å². The highest BCUT2D eigenvalue weighted by Crippen LogP contribution is 2.49. The van der Waals surface area contributed by atoms with E-state index in [0.29, 0.717) is 28.8 Å². The Labute approximate surface area is 228 Å². The largest absolute Gasteiger partial charge is 0.507 e. The number of aryl methyl sites for hydroxylation is 1. The number of fused-ring (bicyclic) bond motifs is 5. The Morgan fingerprint density at radius 2 is 1.50 bits per heavy atom. The van der Waals surface area contributed by atoms with Gasteiger partial charge in [0.15, 0.2) is 11.5 Å². The number of nitrogens with zero attached hydrogens (tertiary/aromatic N) is 6. The van der Waals surface area contributed by atoms with Crippen molar-refractivity contribution in [2.45, 2.75) is 12.8 Å². The van der Waals surface area contributed by atoms with E-state index in [0.717, 1.165) is 38.8 Å². The molecule has 0 bridgehead atoms. The highest BCUT2D eigenvalue weighted by Gasteiger charge is 2.38. The van der Waals surface area contributed by atoms with Crippen LogP contribution in [0.1, 0.15) is 28.3 Å². The minimum atomic E-state index is -0.240. The number of aromatic hydroxyl groups is 1. The van der Waals surface area contributed by atoms with Crippen LogP contribution < -0.4 is 4.74 Å². The van der Waals surface area contributed by atoms with E-state index in [1.54, 1.807) is 16.9 Å². The predicted molar refractivity (Wildman–Crippen MR) is 151 cm³/mol. The zero-order chi connectivity index (χ0) is 26.8. The molecule has 8 heteroatoms. The molecule has 0 saturated carbocycles. The van der Waals surface area contributed by atoms with Crippen molar-refractivity contribution >= 4 is 16.4 Å². The molecule has 4 heterocycles. The van der Waals surface area contributed by atoms with Crippen LogP contribution in [-0.2, 0) is 0 Å². The first-order valence-corrected chi connectivity index (χ1v) is 13.0. The van der Waals surface area contributed by atoms with Gasteiger partial charge in [-0.25, -0.2) is 19.2 Å². The molecule has 4 aromatic carbocycles. The standard InChI is InChI=1S/C32H22N6O2/c1-19-26-27(20-10-4-2-5-11-20)28-30-34-29(24-16-21-12-8-9-13-22(21)17-25(24)39)36-37(30)18-33-31(28)40-32(26)38(35-19)23-14-6-3-7-15-23/h2-18,27,39H,1H3/t27-/m1/s1. The van der Waals surface area contributed by atoms with Gasteiger partial charge >= 0.3 is 0 Å². The molecule has 192 valence electrons.